The maximum absolute atomic E-state index is 12.7. The molecule has 1 atom stereocenters. The SMILES string of the molecule is COc1cc2c(cc1OC)C(CC(=O)O)N(C(=O)CCC1CC1)CC2. The van der Waals surface area contributed by atoms with Gasteiger partial charge in [0.15, 0.2) is 11.5 Å². The summed E-state index contributed by atoms with van der Waals surface area (Å²) in [6, 6.07) is 3.27. The zero-order valence-corrected chi connectivity index (χ0v) is 14.8. The van der Waals surface area contributed by atoms with Crippen molar-refractivity contribution in [1.82, 2.24) is 4.90 Å². The number of methoxy groups -OCH3 is 2. The van der Waals surface area contributed by atoms with Gasteiger partial charge in [-0.1, -0.05) is 12.8 Å². The molecule has 136 valence electrons. The minimum absolute atomic E-state index is 0.0542. The van der Waals surface area contributed by atoms with Crippen LogP contribution >= 0.6 is 0 Å². The number of carbonyl (C=O) groups excluding carboxylic acids is 1. The van der Waals surface area contributed by atoms with E-state index in [0.29, 0.717) is 36.8 Å². The molecule has 1 heterocycles. The van der Waals surface area contributed by atoms with Gasteiger partial charge in [-0.3, -0.25) is 9.59 Å². The maximum atomic E-state index is 12.7. The summed E-state index contributed by atoms with van der Waals surface area (Å²) in [7, 11) is 3.13. The molecule has 6 nitrogen and oxygen atoms in total. The monoisotopic (exact) mass is 347 g/mol. The van der Waals surface area contributed by atoms with E-state index < -0.39 is 12.0 Å². The molecule has 1 aromatic rings. The Morgan fingerprint density at radius 2 is 1.88 bits per heavy atom. The Morgan fingerprint density at radius 3 is 2.48 bits per heavy atom. The molecule has 1 saturated carbocycles. The zero-order valence-electron chi connectivity index (χ0n) is 14.8. The van der Waals surface area contributed by atoms with Crippen LogP contribution in [0.5, 0.6) is 11.5 Å². The number of hydrogen-bond donors (Lipinski definition) is 1. The van der Waals surface area contributed by atoms with Crippen LogP contribution in [0.15, 0.2) is 12.1 Å². The molecule has 1 aromatic carbocycles. The highest BCUT2D eigenvalue weighted by Crippen LogP contribution is 2.40. The molecule has 0 saturated heterocycles. The molecule has 1 amide bonds. The third-order valence-corrected chi connectivity index (χ3v) is 5.15. The second-order valence-electron chi connectivity index (χ2n) is 6.84. The van der Waals surface area contributed by atoms with E-state index >= 15 is 0 Å². The van der Waals surface area contributed by atoms with E-state index in [4.69, 9.17) is 9.47 Å². The lowest BCUT2D eigenvalue weighted by Gasteiger charge is -2.37. The average Bonchev–Trinajstić information content (AvgIpc) is 3.42. The van der Waals surface area contributed by atoms with Crippen molar-refractivity contribution in [2.45, 2.75) is 44.6 Å². The highest BCUT2D eigenvalue weighted by atomic mass is 16.5. The molecule has 25 heavy (non-hydrogen) atoms. The normalized spacial score (nSPS) is 19.3. The third-order valence-electron chi connectivity index (χ3n) is 5.15. The van der Waals surface area contributed by atoms with Crippen molar-refractivity contribution >= 4 is 11.9 Å². The van der Waals surface area contributed by atoms with E-state index in [0.717, 1.165) is 17.5 Å². The van der Waals surface area contributed by atoms with Gasteiger partial charge in [0.25, 0.3) is 0 Å². The molecule has 1 aliphatic heterocycles. The summed E-state index contributed by atoms with van der Waals surface area (Å²) in [6.07, 6.45) is 4.44. The smallest absolute Gasteiger partial charge is 0.305 e. The van der Waals surface area contributed by atoms with Crippen molar-refractivity contribution in [3.8, 4) is 11.5 Å². The molecular formula is C19H25NO5. The van der Waals surface area contributed by atoms with Crippen LogP contribution in [-0.2, 0) is 16.0 Å². The number of rotatable bonds is 7. The van der Waals surface area contributed by atoms with Gasteiger partial charge in [-0.25, -0.2) is 0 Å². The standard InChI is InChI=1S/C19H25NO5/c1-24-16-9-13-7-8-20(18(21)6-5-12-3-4-12)15(11-19(22)23)14(13)10-17(16)25-2/h9-10,12,15H,3-8,11H2,1-2H3,(H,22,23). The molecule has 3 rings (SSSR count). The Balaban J connectivity index is 1.89. The molecule has 0 radical (unpaired) electrons. The topological polar surface area (TPSA) is 76.1 Å². The lowest BCUT2D eigenvalue weighted by atomic mass is 9.89. The Morgan fingerprint density at radius 1 is 1.20 bits per heavy atom. The Hall–Kier alpha value is -2.24. The van der Waals surface area contributed by atoms with Gasteiger partial charge in [0.2, 0.25) is 5.91 Å². The fourth-order valence-electron chi connectivity index (χ4n) is 3.59. The van der Waals surface area contributed by atoms with Crippen molar-refractivity contribution in [2.75, 3.05) is 20.8 Å². The maximum Gasteiger partial charge on any atom is 0.305 e. The number of ether oxygens (including phenoxy) is 2. The predicted molar refractivity (Wildman–Crippen MR) is 91.9 cm³/mol. The van der Waals surface area contributed by atoms with Gasteiger partial charge in [-0.15, -0.1) is 0 Å². The lowest BCUT2D eigenvalue weighted by Crippen LogP contribution is -2.41. The molecule has 1 fully saturated rings. The Labute approximate surface area is 147 Å². The number of hydrogen-bond acceptors (Lipinski definition) is 4. The van der Waals surface area contributed by atoms with Crippen molar-refractivity contribution < 1.29 is 24.2 Å². The molecule has 1 N–H and O–H groups in total. The number of amides is 1. The summed E-state index contributed by atoms with van der Waals surface area (Å²) >= 11 is 0. The van der Waals surface area contributed by atoms with Gasteiger partial charge >= 0.3 is 5.97 Å². The molecule has 1 unspecified atom stereocenters. The minimum atomic E-state index is -0.910. The number of nitrogens with zero attached hydrogens (tertiary/aromatic N) is 1. The largest absolute Gasteiger partial charge is 0.493 e. The van der Waals surface area contributed by atoms with E-state index in [1.54, 1.807) is 19.1 Å². The third kappa shape index (κ3) is 3.89. The molecule has 1 aliphatic carbocycles. The second-order valence-corrected chi connectivity index (χ2v) is 6.84. The van der Waals surface area contributed by atoms with Crippen LogP contribution in [0.3, 0.4) is 0 Å². The first-order valence-electron chi connectivity index (χ1n) is 8.79. The number of aliphatic carboxylic acids is 1. The van der Waals surface area contributed by atoms with Gasteiger partial charge in [0.1, 0.15) is 0 Å². The van der Waals surface area contributed by atoms with Gasteiger partial charge in [0, 0.05) is 13.0 Å². The Bertz CT molecular complexity index is 668. The van der Waals surface area contributed by atoms with Crippen LogP contribution in [0.2, 0.25) is 0 Å². The summed E-state index contributed by atoms with van der Waals surface area (Å²) < 4.78 is 10.7. The van der Waals surface area contributed by atoms with Crippen LogP contribution in [0.25, 0.3) is 0 Å². The first-order valence-corrected chi connectivity index (χ1v) is 8.79. The summed E-state index contributed by atoms with van der Waals surface area (Å²) in [6.45, 7) is 0.546. The van der Waals surface area contributed by atoms with Gasteiger partial charge in [-0.2, -0.15) is 0 Å². The van der Waals surface area contributed by atoms with E-state index in [-0.39, 0.29) is 12.3 Å². The summed E-state index contributed by atoms with van der Waals surface area (Å²) in [5.74, 6) is 1.02. The second kappa shape index (κ2) is 7.33. The number of carbonyl (C=O) groups is 2. The molecule has 6 heteroatoms. The van der Waals surface area contributed by atoms with E-state index in [1.165, 1.54) is 12.8 Å². The first kappa shape index (κ1) is 17.6. The quantitative estimate of drug-likeness (QED) is 0.821. The summed E-state index contributed by atoms with van der Waals surface area (Å²) in [4.78, 5) is 25.8. The minimum Gasteiger partial charge on any atom is -0.493 e. The van der Waals surface area contributed by atoms with Crippen LogP contribution in [-0.4, -0.2) is 42.6 Å². The van der Waals surface area contributed by atoms with Crippen molar-refractivity contribution in [1.29, 1.82) is 0 Å². The molecule has 2 aliphatic rings. The zero-order chi connectivity index (χ0) is 18.0. The van der Waals surface area contributed by atoms with Gasteiger partial charge < -0.3 is 19.5 Å². The van der Waals surface area contributed by atoms with Crippen LogP contribution in [0.1, 0.15) is 49.3 Å². The van der Waals surface area contributed by atoms with Crippen LogP contribution in [0.4, 0.5) is 0 Å². The van der Waals surface area contributed by atoms with Crippen LogP contribution in [0, 0.1) is 5.92 Å². The molecule has 0 aromatic heterocycles. The highest BCUT2D eigenvalue weighted by molar-refractivity contribution is 5.78. The summed E-state index contributed by atoms with van der Waals surface area (Å²) in [5.41, 5.74) is 1.88. The fraction of sp³-hybridized carbons (Fsp3) is 0.579. The van der Waals surface area contributed by atoms with E-state index in [1.807, 2.05) is 12.1 Å². The van der Waals surface area contributed by atoms with Crippen molar-refractivity contribution in [2.24, 2.45) is 5.92 Å². The number of benzene rings is 1. The van der Waals surface area contributed by atoms with E-state index in [9.17, 15) is 14.7 Å². The van der Waals surface area contributed by atoms with Crippen molar-refractivity contribution in [3.63, 3.8) is 0 Å². The van der Waals surface area contributed by atoms with Gasteiger partial charge in [0.05, 0.1) is 26.7 Å². The van der Waals surface area contributed by atoms with Crippen molar-refractivity contribution in [3.05, 3.63) is 23.3 Å². The molecule has 0 bridgehead atoms. The number of fused-ring (bicyclic) bond motifs is 1. The van der Waals surface area contributed by atoms with Crippen LogP contribution < -0.4 is 9.47 Å². The molecule has 0 spiro atoms. The van der Waals surface area contributed by atoms with E-state index in [2.05, 4.69) is 0 Å². The average molecular weight is 347 g/mol. The van der Waals surface area contributed by atoms with Gasteiger partial charge in [-0.05, 0) is 42.0 Å². The molecular weight excluding hydrogens is 322 g/mol. The predicted octanol–water partition coefficient (Wildman–Crippen LogP) is 2.79. The summed E-state index contributed by atoms with van der Waals surface area (Å²) in [5, 5.41) is 9.35. The lowest BCUT2D eigenvalue weighted by molar-refractivity contribution is -0.141. The highest BCUT2D eigenvalue weighted by Gasteiger charge is 2.34. The first-order chi connectivity index (χ1) is 12.0. The number of carboxylic acids is 1. The fourth-order valence-corrected chi connectivity index (χ4v) is 3.59. The number of carboxylic acid groups (broad SMARTS) is 1. The Kier molecular flexibility index (Phi) is 5.16.